The highest BCUT2D eigenvalue weighted by atomic mass is 79.9. The van der Waals surface area contributed by atoms with Crippen molar-refractivity contribution >= 4 is 15.9 Å². The largest absolute Gasteiger partial charge is 0.308 e. The van der Waals surface area contributed by atoms with E-state index in [1.54, 1.807) is 10.9 Å². The van der Waals surface area contributed by atoms with Crippen LogP contribution in [0.5, 0.6) is 0 Å². The Labute approximate surface area is 128 Å². The third-order valence-corrected chi connectivity index (χ3v) is 3.23. The van der Waals surface area contributed by atoms with Crippen LogP contribution in [0.3, 0.4) is 0 Å². The van der Waals surface area contributed by atoms with Crippen LogP contribution >= 0.6 is 15.9 Å². The topological polar surface area (TPSA) is 55.6 Å². The molecular formula is C14H20BrN5. The summed E-state index contributed by atoms with van der Waals surface area (Å²) in [5, 5.41) is 7.89. The molecule has 0 aliphatic heterocycles. The van der Waals surface area contributed by atoms with Crippen LogP contribution in [0.25, 0.3) is 5.82 Å². The molecule has 108 valence electrons. The van der Waals surface area contributed by atoms with E-state index in [-0.39, 0.29) is 5.54 Å². The Bertz CT molecular complexity index is 613. The van der Waals surface area contributed by atoms with E-state index in [1.165, 1.54) is 0 Å². The van der Waals surface area contributed by atoms with Gasteiger partial charge in [-0.1, -0.05) is 0 Å². The lowest BCUT2D eigenvalue weighted by molar-refractivity contribution is 0.423. The fourth-order valence-corrected chi connectivity index (χ4v) is 2.26. The Hall–Kier alpha value is -1.27. The molecule has 1 N–H and O–H groups in total. The lowest BCUT2D eigenvalue weighted by Crippen LogP contribution is -2.35. The first-order valence-corrected chi connectivity index (χ1v) is 7.35. The third-order valence-electron chi connectivity index (χ3n) is 2.79. The van der Waals surface area contributed by atoms with E-state index in [1.807, 2.05) is 13.8 Å². The Kier molecular flexibility index (Phi) is 4.25. The third kappa shape index (κ3) is 3.64. The van der Waals surface area contributed by atoms with E-state index in [9.17, 15) is 0 Å². The van der Waals surface area contributed by atoms with Crippen LogP contribution in [0.1, 0.15) is 38.0 Å². The number of nitrogens with zero attached hydrogens (tertiary/aromatic N) is 4. The molecule has 0 radical (unpaired) electrons. The molecule has 2 rings (SSSR count). The number of hydrogen-bond acceptors (Lipinski definition) is 4. The quantitative estimate of drug-likeness (QED) is 0.935. The predicted octanol–water partition coefficient (Wildman–Crippen LogP) is 2.93. The SMILES string of the molecule is Cc1nc(C)n(-c2ncc(Br)cc2CNC(C)(C)C)n1. The molecule has 0 fully saturated rings. The Balaban J connectivity index is 2.40. The lowest BCUT2D eigenvalue weighted by atomic mass is 10.1. The number of rotatable bonds is 3. The number of aryl methyl sites for hydroxylation is 2. The van der Waals surface area contributed by atoms with E-state index in [0.717, 1.165) is 34.0 Å². The van der Waals surface area contributed by atoms with Gasteiger partial charge in [0.05, 0.1) is 0 Å². The zero-order valence-electron chi connectivity index (χ0n) is 12.5. The minimum atomic E-state index is 0.0485. The molecule has 0 amide bonds. The summed E-state index contributed by atoms with van der Waals surface area (Å²) >= 11 is 3.48. The molecule has 0 saturated carbocycles. The van der Waals surface area contributed by atoms with Gasteiger partial charge in [0.2, 0.25) is 0 Å². The van der Waals surface area contributed by atoms with Crippen LogP contribution in [0, 0.1) is 13.8 Å². The summed E-state index contributed by atoms with van der Waals surface area (Å²) < 4.78 is 2.75. The molecule has 0 aromatic carbocycles. The van der Waals surface area contributed by atoms with Gasteiger partial charge >= 0.3 is 0 Å². The molecule has 0 unspecified atom stereocenters. The highest BCUT2D eigenvalue weighted by Gasteiger charge is 2.15. The van der Waals surface area contributed by atoms with Crippen LogP contribution in [0.2, 0.25) is 0 Å². The van der Waals surface area contributed by atoms with Gasteiger partial charge in [-0.3, -0.25) is 0 Å². The van der Waals surface area contributed by atoms with Gasteiger partial charge in [-0.15, -0.1) is 5.10 Å². The number of hydrogen-bond donors (Lipinski definition) is 1. The molecule has 2 heterocycles. The molecule has 2 aromatic heterocycles. The number of aromatic nitrogens is 4. The minimum Gasteiger partial charge on any atom is -0.308 e. The second-order valence-electron chi connectivity index (χ2n) is 5.86. The zero-order chi connectivity index (χ0) is 14.9. The second-order valence-corrected chi connectivity index (χ2v) is 6.77. The maximum Gasteiger partial charge on any atom is 0.160 e. The highest BCUT2D eigenvalue weighted by molar-refractivity contribution is 9.10. The van der Waals surface area contributed by atoms with E-state index in [4.69, 9.17) is 0 Å². The second kappa shape index (κ2) is 5.61. The molecule has 20 heavy (non-hydrogen) atoms. The summed E-state index contributed by atoms with van der Waals surface area (Å²) in [5.41, 5.74) is 1.13. The standard InChI is InChI=1S/C14H20BrN5/c1-9-18-10(2)20(19-9)13-11(6-12(15)8-16-13)7-17-14(3,4)5/h6,8,17H,7H2,1-5H3. The van der Waals surface area contributed by atoms with Crippen molar-refractivity contribution in [3.8, 4) is 5.82 Å². The van der Waals surface area contributed by atoms with Gasteiger partial charge in [-0.05, 0) is 56.6 Å². The van der Waals surface area contributed by atoms with E-state index < -0.39 is 0 Å². The van der Waals surface area contributed by atoms with Crippen LogP contribution in [-0.2, 0) is 6.54 Å². The minimum absolute atomic E-state index is 0.0485. The van der Waals surface area contributed by atoms with E-state index in [2.05, 4.69) is 63.2 Å². The van der Waals surface area contributed by atoms with Crippen molar-refractivity contribution in [2.24, 2.45) is 0 Å². The monoisotopic (exact) mass is 337 g/mol. The molecule has 0 spiro atoms. The molecular weight excluding hydrogens is 318 g/mol. The van der Waals surface area contributed by atoms with Gasteiger partial charge < -0.3 is 5.32 Å². The smallest absolute Gasteiger partial charge is 0.160 e. The molecule has 0 atom stereocenters. The Morgan fingerprint density at radius 3 is 2.55 bits per heavy atom. The predicted molar refractivity (Wildman–Crippen MR) is 82.9 cm³/mol. The first kappa shape index (κ1) is 15.1. The zero-order valence-corrected chi connectivity index (χ0v) is 14.1. The van der Waals surface area contributed by atoms with Crippen LogP contribution in [0.4, 0.5) is 0 Å². The van der Waals surface area contributed by atoms with E-state index >= 15 is 0 Å². The van der Waals surface area contributed by atoms with E-state index in [0.29, 0.717) is 0 Å². The van der Waals surface area contributed by atoms with Gasteiger partial charge in [0, 0.05) is 28.3 Å². The summed E-state index contributed by atoms with van der Waals surface area (Å²) in [4.78, 5) is 8.84. The molecule has 0 bridgehead atoms. The highest BCUT2D eigenvalue weighted by Crippen LogP contribution is 2.19. The van der Waals surface area contributed by atoms with Crippen LogP contribution in [0.15, 0.2) is 16.7 Å². The van der Waals surface area contributed by atoms with Crippen LogP contribution < -0.4 is 5.32 Å². The lowest BCUT2D eigenvalue weighted by Gasteiger charge is -2.21. The van der Waals surface area contributed by atoms with Gasteiger partial charge in [0.15, 0.2) is 5.82 Å². The Morgan fingerprint density at radius 1 is 1.30 bits per heavy atom. The van der Waals surface area contributed by atoms with Crippen LogP contribution in [-0.4, -0.2) is 25.3 Å². The van der Waals surface area contributed by atoms with Gasteiger partial charge in [0.1, 0.15) is 11.6 Å². The maximum atomic E-state index is 4.50. The summed E-state index contributed by atoms with van der Waals surface area (Å²) in [6, 6.07) is 2.07. The van der Waals surface area contributed by atoms with Crippen molar-refractivity contribution in [2.75, 3.05) is 0 Å². The number of halogens is 1. The van der Waals surface area contributed by atoms with Gasteiger partial charge in [0.25, 0.3) is 0 Å². The van der Waals surface area contributed by atoms with Gasteiger partial charge in [-0.25, -0.2) is 9.97 Å². The summed E-state index contributed by atoms with van der Waals surface area (Å²) in [7, 11) is 0. The maximum absolute atomic E-state index is 4.50. The average molecular weight is 338 g/mol. The fraction of sp³-hybridized carbons (Fsp3) is 0.500. The summed E-state index contributed by atoms with van der Waals surface area (Å²) in [5.74, 6) is 2.42. The molecule has 0 aliphatic rings. The van der Waals surface area contributed by atoms with Crippen molar-refractivity contribution in [1.29, 1.82) is 0 Å². The van der Waals surface area contributed by atoms with Gasteiger partial charge in [-0.2, -0.15) is 4.68 Å². The van der Waals surface area contributed by atoms with Crippen molar-refractivity contribution in [3.05, 3.63) is 33.9 Å². The number of nitrogens with one attached hydrogen (secondary N) is 1. The van der Waals surface area contributed by atoms with Crippen molar-refractivity contribution in [2.45, 2.75) is 46.7 Å². The first-order valence-electron chi connectivity index (χ1n) is 6.56. The molecule has 0 saturated heterocycles. The van der Waals surface area contributed by atoms with Crippen molar-refractivity contribution < 1.29 is 0 Å². The van der Waals surface area contributed by atoms with Crippen molar-refractivity contribution in [1.82, 2.24) is 25.1 Å². The average Bonchev–Trinajstić information content (AvgIpc) is 2.65. The molecule has 6 heteroatoms. The number of pyridine rings is 1. The molecule has 5 nitrogen and oxygen atoms in total. The summed E-state index contributed by atoms with van der Waals surface area (Å²) in [6.45, 7) is 11.0. The first-order chi connectivity index (χ1) is 9.26. The fourth-order valence-electron chi connectivity index (χ4n) is 1.88. The normalized spacial score (nSPS) is 11.9. The van der Waals surface area contributed by atoms with Crippen molar-refractivity contribution in [3.63, 3.8) is 0 Å². The molecule has 0 aliphatic carbocycles. The molecule has 2 aromatic rings. The Morgan fingerprint density at radius 2 is 2.00 bits per heavy atom. The summed E-state index contributed by atoms with van der Waals surface area (Å²) in [6.07, 6.45) is 1.78.